The van der Waals surface area contributed by atoms with Crippen LogP contribution in [0.25, 0.3) is 0 Å². The third-order valence-electron chi connectivity index (χ3n) is 4.43. The summed E-state index contributed by atoms with van der Waals surface area (Å²) in [6, 6.07) is 0.201. The van der Waals surface area contributed by atoms with Crippen molar-refractivity contribution in [2.75, 3.05) is 20.1 Å². The van der Waals surface area contributed by atoms with E-state index in [1.165, 1.54) is 6.42 Å². The molecule has 0 radical (unpaired) electrons. The van der Waals surface area contributed by atoms with Gasteiger partial charge in [-0.1, -0.05) is 19.3 Å². The predicted octanol–water partition coefficient (Wildman–Crippen LogP) is 1.72. The minimum absolute atomic E-state index is 0.118. The smallest absolute Gasteiger partial charge is 0.216 e. The lowest BCUT2D eigenvalue weighted by atomic mass is 10.0. The molecule has 2 fully saturated rings. The fourth-order valence-corrected chi connectivity index (χ4v) is 5.20. The van der Waals surface area contributed by atoms with Gasteiger partial charge in [0.15, 0.2) is 0 Å². The molecule has 0 aromatic carbocycles. The van der Waals surface area contributed by atoms with Crippen LogP contribution in [0.15, 0.2) is 0 Å². The lowest BCUT2D eigenvalue weighted by molar-refractivity contribution is 0.330. The van der Waals surface area contributed by atoms with Crippen molar-refractivity contribution in [1.29, 1.82) is 0 Å². The van der Waals surface area contributed by atoms with E-state index in [4.69, 9.17) is 0 Å². The second kappa shape index (κ2) is 6.35. The highest BCUT2D eigenvalue weighted by molar-refractivity contribution is 7.89. The predicted molar refractivity (Wildman–Crippen MR) is 74.1 cm³/mol. The zero-order chi connectivity index (χ0) is 13.0. The van der Waals surface area contributed by atoms with Crippen molar-refractivity contribution in [3.8, 4) is 0 Å². The first-order chi connectivity index (χ1) is 8.62. The first-order valence-electron chi connectivity index (χ1n) is 7.30. The molecule has 5 heteroatoms. The van der Waals surface area contributed by atoms with E-state index in [2.05, 4.69) is 5.32 Å². The molecule has 0 bridgehead atoms. The number of rotatable bonds is 3. The molecule has 1 N–H and O–H groups in total. The molecule has 4 nitrogen and oxygen atoms in total. The highest BCUT2D eigenvalue weighted by atomic mass is 32.2. The summed E-state index contributed by atoms with van der Waals surface area (Å²) in [6.07, 6.45) is 8.08. The number of hydrogen-bond acceptors (Lipinski definition) is 3. The van der Waals surface area contributed by atoms with Gasteiger partial charge in [0, 0.05) is 13.1 Å². The lowest BCUT2D eigenvalue weighted by Crippen LogP contribution is -2.43. The van der Waals surface area contributed by atoms with E-state index in [1.807, 2.05) is 0 Å². The molecule has 1 saturated carbocycles. The Bertz CT molecular complexity index is 342. The van der Waals surface area contributed by atoms with Crippen molar-refractivity contribution < 1.29 is 8.42 Å². The molecule has 2 rings (SSSR count). The second-order valence-electron chi connectivity index (χ2n) is 5.66. The molecule has 18 heavy (non-hydrogen) atoms. The summed E-state index contributed by atoms with van der Waals surface area (Å²) in [5.41, 5.74) is 0. The maximum absolute atomic E-state index is 12.6. The van der Waals surface area contributed by atoms with Gasteiger partial charge < -0.3 is 5.32 Å². The van der Waals surface area contributed by atoms with Crippen molar-refractivity contribution in [2.45, 2.75) is 62.7 Å². The molecular weight excluding hydrogens is 248 g/mol. The number of hydrogen-bond donors (Lipinski definition) is 1. The average molecular weight is 274 g/mol. The van der Waals surface area contributed by atoms with Crippen LogP contribution < -0.4 is 5.32 Å². The highest BCUT2D eigenvalue weighted by Crippen LogP contribution is 2.27. The van der Waals surface area contributed by atoms with Gasteiger partial charge in [-0.25, -0.2) is 12.7 Å². The standard InChI is InChI=1S/C13H26N2O2S/c1-15(12-6-5-10-14-11-9-12)18(16,17)13-7-3-2-4-8-13/h12-14H,2-11H2,1H3. The van der Waals surface area contributed by atoms with Gasteiger partial charge in [0.25, 0.3) is 0 Å². The summed E-state index contributed by atoms with van der Waals surface area (Å²) in [6.45, 7) is 1.96. The minimum Gasteiger partial charge on any atom is -0.317 e. The molecule has 1 unspecified atom stereocenters. The van der Waals surface area contributed by atoms with Crippen LogP contribution in [0.1, 0.15) is 51.4 Å². The fraction of sp³-hybridized carbons (Fsp3) is 1.00. The Hall–Kier alpha value is -0.130. The molecular formula is C13H26N2O2S. The summed E-state index contributed by atoms with van der Waals surface area (Å²) in [4.78, 5) is 0. The van der Waals surface area contributed by atoms with Gasteiger partial charge in [0.1, 0.15) is 0 Å². The van der Waals surface area contributed by atoms with Gasteiger partial charge in [0.05, 0.1) is 5.25 Å². The quantitative estimate of drug-likeness (QED) is 0.852. The van der Waals surface area contributed by atoms with Crippen molar-refractivity contribution in [1.82, 2.24) is 9.62 Å². The van der Waals surface area contributed by atoms with Crippen molar-refractivity contribution in [3.05, 3.63) is 0 Å². The molecule has 0 aromatic heterocycles. The molecule has 0 amide bonds. The normalized spacial score (nSPS) is 28.2. The first-order valence-corrected chi connectivity index (χ1v) is 8.80. The van der Waals surface area contributed by atoms with Crippen LogP contribution in [0.3, 0.4) is 0 Å². The average Bonchev–Trinajstić information content (AvgIpc) is 2.67. The van der Waals surface area contributed by atoms with Gasteiger partial charge >= 0.3 is 0 Å². The Labute approximate surface area is 111 Å². The van der Waals surface area contributed by atoms with Crippen LogP contribution >= 0.6 is 0 Å². The summed E-state index contributed by atoms with van der Waals surface area (Å²) in [5.74, 6) is 0. The SMILES string of the molecule is CN(C1CCCNCC1)S(=O)(=O)C1CCCCC1. The van der Waals surface area contributed by atoms with Crippen LogP contribution in [0.2, 0.25) is 0 Å². The molecule has 2 aliphatic rings. The van der Waals surface area contributed by atoms with Crippen molar-refractivity contribution in [3.63, 3.8) is 0 Å². The number of nitrogens with zero attached hydrogens (tertiary/aromatic N) is 1. The highest BCUT2D eigenvalue weighted by Gasteiger charge is 2.34. The van der Waals surface area contributed by atoms with Crippen molar-refractivity contribution in [2.24, 2.45) is 0 Å². The summed E-state index contributed by atoms with van der Waals surface area (Å²) in [7, 11) is -1.28. The van der Waals surface area contributed by atoms with Gasteiger partial charge in [-0.05, 0) is 45.2 Å². The van der Waals surface area contributed by atoms with E-state index in [0.717, 1.165) is 58.0 Å². The monoisotopic (exact) mass is 274 g/mol. The summed E-state index contributed by atoms with van der Waals surface area (Å²) in [5, 5.41) is 3.22. The fourth-order valence-electron chi connectivity index (χ4n) is 3.17. The molecule has 1 saturated heterocycles. The van der Waals surface area contributed by atoms with E-state index >= 15 is 0 Å². The Morgan fingerprint density at radius 3 is 2.39 bits per heavy atom. The molecule has 106 valence electrons. The van der Waals surface area contributed by atoms with E-state index in [-0.39, 0.29) is 11.3 Å². The number of sulfonamides is 1. The molecule has 1 aliphatic heterocycles. The zero-order valence-electron chi connectivity index (χ0n) is 11.4. The first kappa shape index (κ1) is 14.3. The summed E-state index contributed by atoms with van der Waals surface area (Å²) >= 11 is 0. The Balaban J connectivity index is 2.02. The molecule has 1 heterocycles. The van der Waals surface area contributed by atoms with Crippen LogP contribution in [0.4, 0.5) is 0 Å². The van der Waals surface area contributed by atoms with Crippen LogP contribution in [-0.4, -0.2) is 44.2 Å². The zero-order valence-corrected chi connectivity index (χ0v) is 12.2. The van der Waals surface area contributed by atoms with Crippen LogP contribution in [0.5, 0.6) is 0 Å². The molecule has 0 aromatic rings. The Morgan fingerprint density at radius 2 is 1.67 bits per heavy atom. The number of nitrogens with one attached hydrogen (secondary N) is 1. The van der Waals surface area contributed by atoms with E-state index in [9.17, 15) is 8.42 Å². The van der Waals surface area contributed by atoms with E-state index < -0.39 is 10.0 Å². The topological polar surface area (TPSA) is 49.4 Å². The van der Waals surface area contributed by atoms with Crippen molar-refractivity contribution >= 4 is 10.0 Å². The second-order valence-corrected chi connectivity index (χ2v) is 7.93. The lowest BCUT2D eigenvalue weighted by Gasteiger charge is -2.32. The Kier molecular flexibility index (Phi) is 5.04. The van der Waals surface area contributed by atoms with Crippen LogP contribution in [0, 0.1) is 0 Å². The minimum atomic E-state index is -3.07. The van der Waals surface area contributed by atoms with E-state index in [1.54, 1.807) is 11.4 Å². The van der Waals surface area contributed by atoms with Gasteiger partial charge in [-0.2, -0.15) is 0 Å². The largest absolute Gasteiger partial charge is 0.317 e. The molecule has 1 atom stereocenters. The third kappa shape index (κ3) is 3.25. The van der Waals surface area contributed by atoms with Gasteiger partial charge in [-0.3, -0.25) is 0 Å². The maximum Gasteiger partial charge on any atom is 0.216 e. The maximum atomic E-state index is 12.6. The van der Waals surface area contributed by atoms with Gasteiger partial charge in [0.2, 0.25) is 10.0 Å². The Morgan fingerprint density at radius 1 is 0.944 bits per heavy atom. The van der Waals surface area contributed by atoms with Gasteiger partial charge in [-0.15, -0.1) is 0 Å². The molecule has 1 aliphatic carbocycles. The molecule has 0 spiro atoms. The summed E-state index contributed by atoms with van der Waals surface area (Å²) < 4.78 is 26.9. The van der Waals surface area contributed by atoms with Crippen LogP contribution in [-0.2, 0) is 10.0 Å². The van der Waals surface area contributed by atoms with E-state index in [0.29, 0.717) is 0 Å². The third-order valence-corrected chi connectivity index (χ3v) is 6.85.